The van der Waals surface area contributed by atoms with Crippen molar-refractivity contribution >= 4 is 45.2 Å². The van der Waals surface area contributed by atoms with Gasteiger partial charge in [0.2, 0.25) is 0 Å². The van der Waals surface area contributed by atoms with Gasteiger partial charge in [-0.1, -0.05) is 18.2 Å². The van der Waals surface area contributed by atoms with E-state index in [1.807, 2.05) is 38.1 Å². The van der Waals surface area contributed by atoms with Crippen LogP contribution in [0.4, 0.5) is 21.7 Å². The van der Waals surface area contributed by atoms with Crippen molar-refractivity contribution in [3.05, 3.63) is 72.5 Å². The summed E-state index contributed by atoms with van der Waals surface area (Å²) in [7, 11) is 5.73. The summed E-state index contributed by atoms with van der Waals surface area (Å²) in [6, 6.07) is 11.6. The number of hydrogen-bond acceptors (Lipinski definition) is 9. The second kappa shape index (κ2) is 10.5. The minimum Gasteiger partial charge on any atom is -0.454 e. The predicted molar refractivity (Wildman–Crippen MR) is 154 cm³/mol. The summed E-state index contributed by atoms with van der Waals surface area (Å²) in [5.74, 6) is 0.953. The first-order valence-electron chi connectivity index (χ1n) is 13.1. The predicted octanol–water partition coefficient (Wildman–Crippen LogP) is 4.45. The summed E-state index contributed by atoms with van der Waals surface area (Å²) in [4.78, 5) is 30.1. The number of aromatic nitrogens is 6. The fourth-order valence-electron chi connectivity index (χ4n) is 4.79. The van der Waals surface area contributed by atoms with Crippen LogP contribution in [0.2, 0.25) is 0 Å². The van der Waals surface area contributed by atoms with E-state index in [0.29, 0.717) is 52.6 Å². The van der Waals surface area contributed by atoms with Gasteiger partial charge < -0.3 is 15.0 Å². The maximum atomic E-state index is 15.1. The number of nitrogens with zero attached hydrogens (tertiary/aromatic N) is 8. The number of fused-ring (bicyclic) bond motifs is 2. The minimum atomic E-state index is -0.552. The Hall–Kier alpha value is -4.97. The molecule has 0 radical (unpaired) electrons. The van der Waals surface area contributed by atoms with Crippen molar-refractivity contribution < 1.29 is 13.9 Å². The van der Waals surface area contributed by atoms with Gasteiger partial charge in [0.15, 0.2) is 11.6 Å². The molecule has 1 amide bonds. The summed E-state index contributed by atoms with van der Waals surface area (Å²) < 4.78 is 22.5. The Labute approximate surface area is 235 Å². The van der Waals surface area contributed by atoms with Gasteiger partial charge >= 0.3 is 0 Å². The van der Waals surface area contributed by atoms with Crippen molar-refractivity contribution in [3.63, 3.8) is 0 Å². The molecule has 1 atom stereocenters. The second-order valence-corrected chi connectivity index (χ2v) is 10.3. The number of rotatable bonds is 7. The van der Waals surface area contributed by atoms with Gasteiger partial charge in [-0.15, -0.1) is 5.10 Å². The molecule has 1 unspecified atom stereocenters. The van der Waals surface area contributed by atoms with Gasteiger partial charge in [-0.05, 0) is 44.4 Å². The highest BCUT2D eigenvalue weighted by atomic mass is 19.1. The lowest BCUT2D eigenvalue weighted by molar-refractivity contribution is -0.114. The van der Waals surface area contributed by atoms with E-state index >= 15 is 4.39 Å². The van der Waals surface area contributed by atoms with Crippen molar-refractivity contribution in [3.8, 4) is 11.5 Å². The van der Waals surface area contributed by atoms with Gasteiger partial charge in [0.05, 0.1) is 17.2 Å². The Morgan fingerprint density at radius 1 is 1.12 bits per heavy atom. The molecule has 2 aromatic carbocycles. The number of likely N-dealkylation sites (N-methyl/N-ethyl adjacent to an activating group) is 1. The van der Waals surface area contributed by atoms with E-state index in [1.165, 1.54) is 12.4 Å². The molecule has 3 aromatic heterocycles. The number of carbonyl (C=O) groups is 1. The maximum absolute atomic E-state index is 15.1. The number of hydrogen-bond donors (Lipinski definition) is 1. The first kappa shape index (κ1) is 26.3. The number of anilines is 3. The smallest absolute Gasteiger partial charge is 0.255 e. The summed E-state index contributed by atoms with van der Waals surface area (Å²) in [6.07, 6.45) is 5.00. The van der Waals surface area contributed by atoms with Crippen LogP contribution in [0, 0.1) is 11.7 Å². The monoisotopic (exact) mass is 553 g/mol. The van der Waals surface area contributed by atoms with E-state index in [4.69, 9.17) is 4.74 Å². The first-order chi connectivity index (χ1) is 19.8. The summed E-state index contributed by atoms with van der Waals surface area (Å²) in [5, 5.41) is 11.9. The summed E-state index contributed by atoms with van der Waals surface area (Å²) >= 11 is 0. The van der Waals surface area contributed by atoms with Crippen molar-refractivity contribution in [2.24, 2.45) is 13.0 Å². The molecule has 0 saturated carbocycles. The van der Waals surface area contributed by atoms with Gasteiger partial charge in [-0.2, -0.15) is 0 Å². The number of carbonyl (C=O) groups excluding carboxylic acids is 1. The zero-order valence-corrected chi connectivity index (χ0v) is 23.0. The number of aryl methyl sites for hydroxylation is 1. The standard InChI is InChI=1S/C29H28FN9O2/c1-17-15-39(29(40)20(17)9-10-37(2)3)27-13-21-24(14-31-27)32-16-33-28(21)34-18-5-8-26(22(30)11-18)41-19-6-7-25-23(12-19)35-36-38(25)4/h5-9,11-14,16-17H,10,15H2,1-4H3,(H,32,33,34)/b20-9+. The Morgan fingerprint density at radius 2 is 1.98 bits per heavy atom. The largest absolute Gasteiger partial charge is 0.454 e. The third-order valence-electron chi connectivity index (χ3n) is 6.94. The molecule has 208 valence electrons. The van der Waals surface area contributed by atoms with E-state index in [2.05, 4.69) is 30.6 Å². The van der Waals surface area contributed by atoms with Gasteiger partial charge in [0.25, 0.3) is 5.91 Å². The van der Waals surface area contributed by atoms with Crippen LogP contribution in [0.25, 0.3) is 21.9 Å². The first-order valence-corrected chi connectivity index (χ1v) is 13.1. The molecule has 5 aromatic rings. The van der Waals surface area contributed by atoms with Crippen LogP contribution < -0.4 is 15.0 Å². The number of benzene rings is 2. The SMILES string of the molecule is CC1CN(c2cc3c(Nc4ccc(Oc5ccc6c(c5)nnn6C)c(F)c4)ncnc3cn2)C(=O)/C1=C/CN(C)C. The molecule has 1 aliphatic heterocycles. The van der Waals surface area contributed by atoms with Crippen molar-refractivity contribution in [2.75, 3.05) is 37.4 Å². The molecule has 1 N–H and O–H groups in total. The lowest BCUT2D eigenvalue weighted by atomic mass is 10.0. The second-order valence-electron chi connectivity index (χ2n) is 10.3. The van der Waals surface area contributed by atoms with Crippen molar-refractivity contribution in [1.82, 2.24) is 34.8 Å². The van der Waals surface area contributed by atoms with Crippen LogP contribution in [0.15, 0.2) is 66.6 Å². The Kier molecular flexibility index (Phi) is 6.75. The van der Waals surface area contributed by atoms with Crippen LogP contribution >= 0.6 is 0 Å². The Balaban J connectivity index is 1.24. The van der Waals surface area contributed by atoms with Gasteiger partial charge in [-0.25, -0.2) is 24.0 Å². The number of halogens is 1. The van der Waals surface area contributed by atoms with E-state index in [1.54, 1.807) is 53.2 Å². The Morgan fingerprint density at radius 3 is 2.78 bits per heavy atom. The van der Waals surface area contributed by atoms with Crippen LogP contribution in [0.5, 0.6) is 11.5 Å². The van der Waals surface area contributed by atoms with Gasteiger partial charge in [0.1, 0.15) is 29.2 Å². The van der Waals surface area contributed by atoms with Gasteiger partial charge in [0, 0.05) is 54.8 Å². The average Bonchev–Trinajstić information content (AvgIpc) is 3.46. The third-order valence-corrected chi connectivity index (χ3v) is 6.94. The average molecular weight is 554 g/mol. The number of amides is 1. The van der Waals surface area contributed by atoms with Crippen LogP contribution in [0.1, 0.15) is 6.92 Å². The minimum absolute atomic E-state index is 0.0614. The third kappa shape index (κ3) is 5.16. The molecule has 41 heavy (non-hydrogen) atoms. The molecule has 1 aliphatic rings. The zero-order chi connectivity index (χ0) is 28.7. The number of pyridine rings is 1. The molecule has 6 rings (SSSR count). The maximum Gasteiger partial charge on any atom is 0.255 e. The molecule has 11 nitrogen and oxygen atoms in total. The molecule has 1 saturated heterocycles. The molecule has 0 spiro atoms. The van der Waals surface area contributed by atoms with E-state index in [9.17, 15) is 4.79 Å². The highest BCUT2D eigenvalue weighted by Gasteiger charge is 2.34. The highest BCUT2D eigenvalue weighted by molar-refractivity contribution is 6.09. The van der Waals surface area contributed by atoms with Crippen molar-refractivity contribution in [2.45, 2.75) is 6.92 Å². The lowest BCUT2D eigenvalue weighted by Gasteiger charge is -2.16. The van der Waals surface area contributed by atoms with E-state index in [0.717, 1.165) is 11.1 Å². The highest BCUT2D eigenvalue weighted by Crippen LogP contribution is 2.33. The fourth-order valence-corrected chi connectivity index (χ4v) is 4.79. The lowest BCUT2D eigenvalue weighted by Crippen LogP contribution is -2.26. The summed E-state index contributed by atoms with van der Waals surface area (Å²) in [6.45, 7) is 3.25. The molecule has 12 heteroatoms. The topological polar surface area (TPSA) is 114 Å². The van der Waals surface area contributed by atoms with Crippen LogP contribution in [0.3, 0.4) is 0 Å². The number of ether oxygens (including phenoxy) is 1. The number of nitrogens with one attached hydrogen (secondary N) is 1. The van der Waals surface area contributed by atoms with Gasteiger partial charge in [-0.3, -0.25) is 9.69 Å². The molecular weight excluding hydrogens is 525 g/mol. The molecule has 1 fully saturated rings. The van der Waals surface area contributed by atoms with Crippen LogP contribution in [-0.2, 0) is 11.8 Å². The normalized spacial score (nSPS) is 16.4. The molecule has 0 bridgehead atoms. The molecule has 0 aliphatic carbocycles. The van der Waals surface area contributed by atoms with E-state index in [-0.39, 0.29) is 17.6 Å². The van der Waals surface area contributed by atoms with Crippen molar-refractivity contribution in [1.29, 1.82) is 0 Å². The molecule has 4 heterocycles. The Bertz CT molecular complexity index is 1820. The fraction of sp³-hybridized carbons (Fsp3) is 0.241. The van der Waals surface area contributed by atoms with Crippen LogP contribution in [-0.4, -0.2) is 67.9 Å². The quantitative estimate of drug-likeness (QED) is 0.292. The molecular formula is C29H28FN9O2. The van der Waals surface area contributed by atoms with E-state index < -0.39 is 5.82 Å². The summed E-state index contributed by atoms with van der Waals surface area (Å²) in [5.41, 5.74) is 3.33. The zero-order valence-electron chi connectivity index (χ0n) is 23.0.